The maximum absolute atomic E-state index is 10.9. The molecule has 0 saturated carbocycles. The lowest BCUT2D eigenvalue weighted by molar-refractivity contribution is -0.383. The van der Waals surface area contributed by atoms with E-state index in [4.69, 9.17) is 5.73 Å². The summed E-state index contributed by atoms with van der Waals surface area (Å²) in [6, 6.07) is 0. The Balaban J connectivity index is 2.96. The lowest BCUT2D eigenvalue weighted by Crippen LogP contribution is -2.22. The SMILES string of the molecule is CC(C)CCN(C)c1ncnc(N)c1[N+](=O)[O-]. The van der Waals surface area contributed by atoms with Crippen LogP contribution < -0.4 is 10.6 Å². The van der Waals surface area contributed by atoms with Crippen LogP contribution in [0, 0.1) is 16.0 Å². The molecule has 0 spiro atoms. The van der Waals surface area contributed by atoms with Gasteiger partial charge in [0.1, 0.15) is 6.33 Å². The van der Waals surface area contributed by atoms with Gasteiger partial charge in [-0.05, 0) is 12.3 Å². The van der Waals surface area contributed by atoms with Crippen LogP contribution in [0.1, 0.15) is 20.3 Å². The molecule has 1 aromatic heterocycles. The topological polar surface area (TPSA) is 98.2 Å². The van der Waals surface area contributed by atoms with Crippen LogP contribution in [0.15, 0.2) is 6.33 Å². The quantitative estimate of drug-likeness (QED) is 0.616. The lowest BCUT2D eigenvalue weighted by Gasteiger charge is -2.18. The first kappa shape index (κ1) is 13.1. The summed E-state index contributed by atoms with van der Waals surface area (Å²) in [4.78, 5) is 19.7. The molecule has 7 heteroatoms. The van der Waals surface area contributed by atoms with Gasteiger partial charge < -0.3 is 10.6 Å². The number of nitro groups is 1. The van der Waals surface area contributed by atoms with E-state index in [9.17, 15) is 10.1 Å². The molecule has 0 amide bonds. The van der Waals surface area contributed by atoms with Crippen LogP contribution >= 0.6 is 0 Å². The molecular formula is C10H17N5O2. The second-order valence-electron chi connectivity index (χ2n) is 4.29. The molecule has 0 fully saturated rings. The highest BCUT2D eigenvalue weighted by atomic mass is 16.6. The Bertz CT molecular complexity index is 408. The molecule has 0 atom stereocenters. The molecule has 1 rings (SSSR count). The Morgan fingerprint density at radius 1 is 1.53 bits per heavy atom. The van der Waals surface area contributed by atoms with Crippen molar-refractivity contribution in [2.45, 2.75) is 20.3 Å². The van der Waals surface area contributed by atoms with E-state index in [1.54, 1.807) is 11.9 Å². The molecule has 1 heterocycles. The van der Waals surface area contributed by atoms with Crippen LogP contribution in [0.2, 0.25) is 0 Å². The highest BCUT2D eigenvalue weighted by molar-refractivity contribution is 5.67. The smallest absolute Gasteiger partial charge is 0.353 e. The minimum atomic E-state index is -0.545. The fourth-order valence-electron chi connectivity index (χ4n) is 1.39. The fourth-order valence-corrected chi connectivity index (χ4v) is 1.39. The van der Waals surface area contributed by atoms with E-state index in [0.717, 1.165) is 6.42 Å². The number of nitrogens with two attached hydrogens (primary N) is 1. The second kappa shape index (κ2) is 5.42. The molecule has 94 valence electrons. The summed E-state index contributed by atoms with van der Waals surface area (Å²) in [5.41, 5.74) is 5.27. The maximum atomic E-state index is 10.9. The molecule has 0 aromatic carbocycles. The van der Waals surface area contributed by atoms with E-state index in [0.29, 0.717) is 12.5 Å². The Morgan fingerprint density at radius 2 is 2.18 bits per heavy atom. The first-order valence-electron chi connectivity index (χ1n) is 5.39. The van der Waals surface area contributed by atoms with Crippen molar-refractivity contribution in [3.8, 4) is 0 Å². The molecule has 1 aromatic rings. The summed E-state index contributed by atoms with van der Waals surface area (Å²) in [6.07, 6.45) is 2.17. The number of hydrogen-bond acceptors (Lipinski definition) is 6. The summed E-state index contributed by atoms with van der Waals surface area (Å²) >= 11 is 0. The van der Waals surface area contributed by atoms with E-state index in [1.807, 2.05) is 0 Å². The average Bonchev–Trinajstić information content (AvgIpc) is 2.24. The minimum absolute atomic E-state index is 0.101. The summed E-state index contributed by atoms with van der Waals surface area (Å²) in [6.45, 7) is 4.88. The lowest BCUT2D eigenvalue weighted by atomic mass is 10.1. The van der Waals surface area contributed by atoms with Gasteiger partial charge in [-0.3, -0.25) is 10.1 Å². The predicted octanol–water partition coefficient (Wildman–Crippen LogP) is 1.45. The van der Waals surface area contributed by atoms with Crippen molar-refractivity contribution in [3.63, 3.8) is 0 Å². The van der Waals surface area contributed by atoms with Crippen molar-refractivity contribution in [2.75, 3.05) is 24.2 Å². The monoisotopic (exact) mass is 239 g/mol. The number of nitrogens with zero attached hydrogens (tertiary/aromatic N) is 4. The fraction of sp³-hybridized carbons (Fsp3) is 0.600. The summed E-state index contributed by atoms with van der Waals surface area (Å²) in [5.74, 6) is 0.690. The predicted molar refractivity (Wildman–Crippen MR) is 65.8 cm³/mol. The number of nitrogen functional groups attached to an aromatic ring is 1. The Hall–Kier alpha value is -1.92. The summed E-state index contributed by atoms with van der Waals surface area (Å²) in [5, 5.41) is 10.9. The molecule has 2 N–H and O–H groups in total. The van der Waals surface area contributed by atoms with Crippen LogP contribution in [0.5, 0.6) is 0 Å². The zero-order chi connectivity index (χ0) is 13.0. The van der Waals surface area contributed by atoms with Crippen LogP contribution in [0.4, 0.5) is 17.3 Å². The van der Waals surface area contributed by atoms with Gasteiger partial charge >= 0.3 is 5.69 Å². The standard InChI is InChI=1S/C10H17N5O2/c1-7(2)4-5-14(3)10-8(15(16)17)9(11)12-6-13-10/h6-7H,4-5H2,1-3H3,(H2,11,12,13). The van der Waals surface area contributed by atoms with E-state index < -0.39 is 4.92 Å². The number of hydrogen-bond donors (Lipinski definition) is 1. The Kier molecular flexibility index (Phi) is 4.19. The van der Waals surface area contributed by atoms with Crippen LogP contribution in [-0.4, -0.2) is 28.5 Å². The first-order valence-corrected chi connectivity index (χ1v) is 5.39. The van der Waals surface area contributed by atoms with Crippen molar-refractivity contribution in [1.29, 1.82) is 0 Å². The Morgan fingerprint density at radius 3 is 2.71 bits per heavy atom. The van der Waals surface area contributed by atoms with Gasteiger partial charge in [0.2, 0.25) is 11.6 Å². The molecular weight excluding hydrogens is 222 g/mol. The van der Waals surface area contributed by atoms with Gasteiger partial charge in [0.15, 0.2) is 0 Å². The largest absolute Gasteiger partial charge is 0.378 e. The minimum Gasteiger partial charge on any atom is -0.378 e. The zero-order valence-corrected chi connectivity index (χ0v) is 10.3. The first-order chi connectivity index (χ1) is 7.93. The number of rotatable bonds is 5. The van der Waals surface area contributed by atoms with Crippen molar-refractivity contribution >= 4 is 17.3 Å². The Labute approximate surface area is 99.8 Å². The van der Waals surface area contributed by atoms with Gasteiger partial charge in [0, 0.05) is 13.6 Å². The van der Waals surface area contributed by atoms with Crippen molar-refractivity contribution in [1.82, 2.24) is 9.97 Å². The molecule has 0 saturated heterocycles. The van der Waals surface area contributed by atoms with Crippen molar-refractivity contribution in [3.05, 3.63) is 16.4 Å². The van der Waals surface area contributed by atoms with Crippen LogP contribution in [0.25, 0.3) is 0 Å². The third-order valence-electron chi connectivity index (χ3n) is 2.42. The van der Waals surface area contributed by atoms with E-state index >= 15 is 0 Å². The van der Waals surface area contributed by atoms with Crippen molar-refractivity contribution in [2.24, 2.45) is 5.92 Å². The molecule has 0 aliphatic rings. The summed E-state index contributed by atoms with van der Waals surface area (Å²) < 4.78 is 0. The van der Waals surface area contributed by atoms with Gasteiger partial charge in [-0.25, -0.2) is 9.97 Å². The molecule has 17 heavy (non-hydrogen) atoms. The molecule has 0 aliphatic carbocycles. The van der Waals surface area contributed by atoms with E-state index in [1.165, 1.54) is 6.33 Å². The second-order valence-corrected chi connectivity index (χ2v) is 4.29. The van der Waals surface area contributed by atoms with Crippen LogP contribution in [-0.2, 0) is 0 Å². The molecule has 0 radical (unpaired) electrons. The highest BCUT2D eigenvalue weighted by Gasteiger charge is 2.23. The van der Waals surface area contributed by atoms with Crippen LogP contribution in [0.3, 0.4) is 0 Å². The molecule has 0 aliphatic heterocycles. The molecule has 0 unspecified atom stereocenters. The van der Waals surface area contributed by atoms with Gasteiger partial charge in [-0.15, -0.1) is 0 Å². The van der Waals surface area contributed by atoms with Gasteiger partial charge in [0.05, 0.1) is 4.92 Å². The molecule has 7 nitrogen and oxygen atoms in total. The third kappa shape index (κ3) is 3.27. The zero-order valence-electron chi connectivity index (χ0n) is 10.3. The normalized spacial score (nSPS) is 10.6. The highest BCUT2D eigenvalue weighted by Crippen LogP contribution is 2.28. The summed E-state index contributed by atoms with van der Waals surface area (Å²) in [7, 11) is 1.76. The number of anilines is 2. The van der Waals surface area contributed by atoms with E-state index in [2.05, 4.69) is 23.8 Å². The third-order valence-corrected chi connectivity index (χ3v) is 2.42. The average molecular weight is 239 g/mol. The van der Waals surface area contributed by atoms with E-state index in [-0.39, 0.29) is 17.3 Å². The van der Waals surface area contributed by atoms with Gasteiger partial charge in [-0.2, -0.15) is 0 Å². The van der Waals surface area contributed by atoms with Gasteiger partial charge in [-0.1, -0.05) is 13.8 Å². The molecule has 0 bridgehead atoms. The maximum Gasteiger partial charge on any atom is 0.353 e. The number of aromatic nitrogens is 2. The van der Waals surface area contributed by atoms with Gasteiger partial charge in [0.25, 0.3) is 0 Å². The van der Waals surface area contributed by atoms with Crippen molar-refractivity contribution < 1.29 is 4.92 Å².